The Hall–Kier alpha value is -2.06. The second-order valence-electron chi connectivity index (χ2n) is 8.11. The number of rotatable bonds is 4. The van der Waals surface area contributed by atoms with Crippen molar-refractivity contribution >= 4 is 11.8 Å². The number of piperazine rings is 2. The number of amides is 2. The second kappa shape index (κ2) is 8.53. The summed E-state index contributed by atoms with van der Waals surface area (Å²) in [5.41, 5.74) is 1.19. The summed E-state index contributed by atoms with van der Waals surface area (Å²) in [4.78, 5) is 42.0. The summed E-state index contributed by atoms with van der Waals surface area (Å²) in [6.45, 7) is 8.71. The molecule has 0 atom stereocenters. The predicted molar refractivity (Wildman–Crippen MR) is 105 cm³/mol. The quantitative estimate of drug-likeness (QED) is 0.738. The maximum atomic E-state index is 12.7. The molecule has 3 fully saturated rings. The number of carbonyl (C=O) groups is 2. The van der Waals surface area contributed by atoms with Crippen molar-refractivity contribution in [3.05, 3.63) is 23.8 Å². The topological polar surface area (TPSA) is 72.9 Å². The third-order valence-electron chi connectivity index (χ3n) is 6.28. The van der Waals surface area contributed by atoms with Gasteiger partial charge in [0.05, 0.1) is 18.4 Å². The molecule has 8 heteroatoms. The lowest BCUT2D eigenvalue weighted by atomic mass is 9.91. The lowest BCUT2D eigenvalue weighted by molar-refractivity contribution is -0.135. The van der Waals surface area contributed by atoms with Crippen molar-refractivity contribution in [3.63, 3.8) is 0 Å². The highest BCUT2D eigenvalue weighted by molar-refractivity contribution is 5.92. The molecule has 2 aliphatic heterocycles. The van der Waals surface area contributed by atoms with Crippen LogP contribution >= 0.6 is 0 Å². The normalized spacial score (nSPS) is 22.2. The van der Waals surface area contributed by atoms with Crippen molar-refractivity contribution in [3.8, 4) is 0 Å². The van der Waals surface area contributed by atoms with Gasteiger partial charge in [-0.25, -0.2) is 4.98 Å². The molecule has 0 spiro atoms. The Balaban J connectivity index is 1.20. The molecular formula is C20H30N6O2. The van der Waals surface area contributed by atoms with Gasteiger partial charge in [0.25, 0.3) is 5.91 Å². The van der Waals surface area contributed by atoms with Crippen LogP contribution in [0.2, 0.25) is 0 Å². The van der Waals surface area contributed by atoms with Crippen LogP contribution in [0.5, 0.6) is 0 Å². The Bertz CT molecular complexity index is 689. The monoisotopic (exact) mass is 386 g/mol. The van der Waals surface area contributed by atoms with E-state index in [1.54, 1.807) is 11.1 Å². The molecule has 8 nitrogen and oxygen atoms in total. The first kappa shape index (κ1) is 19.3. The van der Waals surface area contributed by atoms with Gasteiger partial charge in [-0.1, -0.05) is 6.42 Å². The van der Waals surface area contributed by atoms with Gasteiger partial charge in [-0.05, 0) is 19.8 Å². The van der Waals surface area contributed by atoms with E-state index in [4.69, 9.17) is 0 Å². The molecule has 1 aromatic rings. The van der Waals surface area contributed by atoms with E-state index in [2.05, 4.69) is 19.8 Å². The summed E-state index contributed by atoms with van der Waals surface area (Å²) in [5.74, 6) is 0.142. The fraction of sp³-hybridized carbons (Fsp3) is 0.700. The molecule has 152 valence electrons. The van der Waals surface area contributed by atoms with Crippen LogP contribution in [0, 0.1) is 6.92 Å². The van der Waals surface area contributed by atoms with Gasteiger partial charge in [0.2, 0.25) is 5.91 Å². The Labute approximate surface area is 166 Å². The Morgan fingerprint density at radius 1 is 0.929 bits per heavy atom. The van der Waals surface area contributed by atoms with Crippen LogP contribution in [0.4, 0.5) is 0 Å². The number of hydrogen-bond acceptors (Lipinski definition) is 6. The Morgan fingerprint density at radius 3 is 2.18 bits per heavy atom. The molecule has 2 saturated heterocycles. The molecule has 1 aromatic heterocycles. The van der Waals surface area contributed by atoms with Gasteiger partial charge in [0.1, 0.15) is 5.69 Å². The lowest BCUT2D eigenvalue weighted by Gasteiger charge is -2.43. The van der Waals surface area contributed by atoms with Crippen molar-refractivity contribution in [2.24, 2.45) is 0 Å². The standard InChI is InChI=1S/C20H30N6O2/c1-16-13-22-18(14-21-16)20(28)26-7-5-23(6-8-26)15-19(27)25-11-9-24(10-12-25)17-3-2-4-17/h13-14,17H,2-12,15H2,1H3. The van der Waals surface area contributed by atoms with Crippen LogP contribution in [0.3, 0.4) is 0 Å². The smallest absolute Gasteiger partial charge is 0.274 e. The van der Waals surface area contributed by atoms with Gasteiger partial charge in [0, 0.05) is 64.6 Å². The highest BCUT2D eigenvalue weighted by Crippen LogP contribution is 2.25. The van der Waals surface area contributed by atoms with Crippen molar-refractivity contribution in [1.82, 2.24) is 29.6 Å². The maximum absolute atomic E-state index is 12.7. The van der Waals surface area contributed by atoms with Crippen molar-refractivity contribution in [2.45, 2.75) is 32.2 Å². The number of aromatic nitrogens is 2. The summed E-state index contributed by atoms with van der Waals surface area (Å²) in [7, 11) is 0. The maximum Gasteiger partial charge on any atom is 0.274 e. The third-order valence-corrected chi connectivity index (χ3v) is 6.28. The summed E-state index contributed by atoms with van der Waals surface area (Å²) in [6.07, 6.45) is 7.16. The SMILES string of the molecule is Cc1cnc(C(=O)N2CCN(CC(=O)N3CCN(C4CCC4)CC3)CC2)cn1. The largest absolute Gasteiger partial charge is 0.339 e. The zero-order valence-corrected chi connectivity index (χ0v) is 16.7. The molecule has 0 bridgehead atoms. The first-order valence-electron chi connectivity index (χ1n) is 10.4. The number of nitrogens with zero attached hydrogens (tertiary/aromatic N) is 6. The van der Waals surface area contributed by atoms with Crippen LogP contribution in [-0.2, 0) is 4.79 Å². The van der Waals surface area contributed by atoms with Gasteiger partial charge in [-0.3, -0.25) is 24.4 Å². The molecule has 0 unspecified atom stereocenters. The van der Waals surface area contributed by atoms with E-state index in [1.165, 1.54) is 25.5 Å². The van der Waals surface area contributed by atoms with E-state index >= 15 is 0 Å². The average molecular weight is 387 g/mol. The fourth-order valence-corrected chi connectivity index (χ4v) is 4.15. The minimum Gasteiger partial charge on any atom is -0.339 e. The number of hydrogen-bond donors (Lipinski definition) is 0. The van der Waals surface area contributed by atoms with E-state index in [1.807, 2.05) is 11.8 Å². The van der Waals surface area contributed by atoms with Gasteiger partial charge >= 0.3 is 0 Å². The van der Waals surface area contributed by atoms with Crippen molar-refractivity contribution in [1.29, 1.82) is 0 Å². The predicted octanol–water partition coefficient (Wildman–Crippen LogP) is 0.240. The molecule has 4 rings (SSSR count). The first-order chi connectivity index (χ1) is 13.6. The Morgan fingerprint density at radius 2 is 1.61 bits per heavy atom. The minimum atomic E-state index is -0.0782. The summed E-state index contributed by atoms with van der Waals surface area (Å²) >= 11 is 0. The molecular weight excluding hydrogens is 356 g/mol. The first-order valence-corrected chi connectivity index (χ1v) is 10.4. The van der Waals surface area contributed by atoms with Crippen LogP contribution in [0.15, 0.2) is 12.4 Å². The van der Waals surface area contributed by atoms with Crippen LogP contribution in [0.25, 0.3) is 0 Å². The fourth-order valence-electron chi connectivity index (χ4n) is 4.15. The lowest BCUT2D eigenvalue weighted by Crippen LogP contribution is -2.56. The summed E-state index contributed by atoms with van der Waals surface area (Å²) in [6, 6.07) is 0.765. The summed E-state index contributed by atoms with van der Waals surface area (Å²) < 4.78 is 0. The Kier molecular flexibility index (Phi) is 5.87. The highest BCUT2D eigenvalue weighted by Gasteiger charge is 2.30. The minimum absolute atomic E-state index is 0.0782. The zero-order chi connectivity index (χ0) is 19.5. The zero-order valence-electron chi connectivity index (χ0n) is 16.7. The van der Waals surface area contributed by atoms with Gasteiger partial charge in [-0.2, -0.15) is 0 Å². The molecule has 1 aliphatic carbocycles. The van der Waals surface area contributed by atoms with Gasteiger partial charge < -0.3 is 9.80 Å². The molecule has 0 radical (unpaired) electrons. The van der Waals surface area contributed by atoms with E-state index in [-0.39, 0.29) is 11.8 Å². The van der Waals surface area contributed by atoms with E-state index in [0.717, 1.165) is 51.0 Å². The molecule has 1 saturated carbocycles. The average Bonchev–Trinajstić information content (AvgIpc) is 2.68. The van der Waals surface area contributed by atoms with Crippen molar-refractivity contribution in [2.75, 3.05) is 58.9 Å². The van der Waals surface area contributed by atoms with Gasteiger partial charge in [-0.15, -0.1) is 0 Å². The molecule has 0 N–H and O–H groups in total. The molecule has 0 aromatic carbocycles. The van der Waals surface area contributed by atoms with E-state index < -0.39 is 0 Å². The van der Waals surface area contributed by atoms with Crippen LogP contribution < -0.4 is 0 Å². The highest BCUT2D eigenvalue weighted by atomic mass is 16.2. The van der Waals surface area contributed by atoms with Crippen LogP contribution in [-0.4, -0.2) is 106 Å². The third kappa shape index (κ3) is 4.33. The van der Waals surface area contributed by atoms with Gasteiger partial charge in [0.15, 0.2) is 0 Å². The molecule has 3 heterocycles. The second-order valence-corrected chi connectivity index (χ2v) is 8.11. The molecule has 2 amide bonds. The molecule has 28 heavy (non-hydrogen) atoms. The summed E-state index contributed by atoms with van der Waals surface area (Å²) in [5, 5.41) is 0. The van der Waals surface area contributed by atoms with E-state index in [0.29, 0.717) is 25.3 Å². The van der Waals surface area contributed by atoms with E-state index in [9.17, 15) is 9.59 Å². The van der Waals surface area contributed by atoms with Crippen molar-refractivity contribution < 1.29 is 9.59 Å². The van der Waals surface area contributed by atoms with Crippen LogP contribution in [0.1, 0.15) is 35.4 Å². The number of carbonyl (C=O) groups excluding carboxylic acids is 2. The number of aryl methyl sites for hydroxylation is 1. The molecule has 3 aliphatic rings.